The smallest absolute Gasteiger partial charge is 0.246 e. The molecular weight excluding hydrogens is 328 g/mol. The number of hydrogen-bond acceptors (Lipinski definition) is 4. The van der Waals surface area contributed by atoms with Gasteiger partial charge in [0.15, 0.2) is 0 Å². The van der Waals surface area contributed by atoms with Crippen LogP contribution in [0.4, 0.5) is 5.69 Å². The van der Waals surface area contributed by atoms with E-state index in [9.17, 15) is 13.2 Å². The Morgan fingerprint density at radius 3 is 2.21 bits per heavy atom. The number of carbonyl (C=O) groups is 1. The Bertz CT molecular complexity index is 666. The van der Waals surface area contributed by atoms with Crippen LogP contribution in [0.25, 0.3) is 0 Å². The molecule has 24 heavy (non-hydrogen) atoms. The quantitative estimate of drug-likeness (QED) is 0.786. The first-order valence-corrected chi connectivity index (χ1v) is 10.0. The zero-order chi connectivity index (χ0) is 17.9. The third-order valence-corrected chi connectivity index (χ3v) is 5.86. The van der Waals surface area contributed by atoms with Crippen molar-refractivity contribution in [3.05, 3.63) is 24.3 Å². The van der Waals surface area contributed by atoms with E-state index in [4.69, 9.17) is 4.74 Å². The maximum absolute atomic E-state index is 12.8. The molecule has 0 saturated heterocycles. The molecule has 0 bridgehead atoms. The number of benzene rings is 1. The molecule has 1 aromatic rings. The molecule has 0 aromatic heterocycles. The summed E-state index contributed by atoms with van der Waals surface area (Å²) >= 11 is 0. The highest BCUT2D eigenvalue weighted by Gasteiger charge is 2.33. The molecular formula is C17H26N2O4S. The normalized spacial score (nSPS) is 16.7. The molecule has 1 saturated carbocycles. The van der Waals surface area contributed by atoms with Crippen LogP contribution in [0.3, 0.4) is 0 Å². The average Bonchev–Trinajstić information content (AvgIpc) is 3.07. The van der Waals surface area contributed by atoms with Crippen LogP contribution >= 0.6 is 0 Å². The lowest BCUT2D eigenvalue weighted by Crippen LogP contribution is -2.50. The fourth-order valence-electron chi connectivity index (χ4n) is 3.30. The lowest BCUT2D eigenvalue weighted by molar-refractivity contribution is -0.132. The average molecular weight is 354 g/mol. The maximum Gasteiger partial charge on any atom is 0.246 e. The maximum atomic E-state index is 12.8. The van der Waals surface area contributed by atoms with Crippen molar-refractivity contribution >= 4 is 21.6 Å². The Hall–Kier alpha value is -1.76. The van der Waals surface area contributed by atoms with Crippen LogP contribution in [0.2, 0.25) is 0 Å². The van der Waals surface area contributed by atoms with Crippen molar-refractivity contribution in [2.75, 3.05) is 24.7 Å². The number of rotatable bonds is 6. The number of anilines is 1. The summed E-state index contributed by atoms with van der Waals surface area (Å²) in [5, 5.41) is 0. The number of carbonyl (C=O) groups excluding carboxylic acids is 1. The van der Waals surface area contributed by atoms with E-state index in [-0.39, 0.29) is 11.9 Å². The number of sulfonamides is 1. The van der Waals surface area contributed by atoms with Gasteiger partial charge in [0.2, 0.25) is 15.9 Å². The minimum Gasteiger partial charge on any atom is -0.497 e. The largest absolute Gasteiger partial charge is 0.497 e. The molecule has 0 spiro atoms. The van der Waals surface area contributed by atoms with Gasteiger partial charge in [0.25, 0.3) is 0 Å². The lowest BCUT2D eigenvalue weighted by atomic mass is 10.2. The summed E-state index contributed by atoms with van der Waals surface area (Å²) in [6.07, 6.45) is 5.32. The Balaban J connectivity index is 2.27. The SMILES string of the molecule is COc1ccc(N(C(C)C(=O)N(C)C2CCCC2)S(C)(=O)=O)cc1. The summed E-state index contributed by atoms with van der Waals surface area (Å²) < 4.78 is 30.9. The zero-order valence-corrected chi connectivity index (χ0v) is 15.5. The van der Waals surface area contributed by atoms with Crippen LogP contribution in [0.15, 0.2) is 24.3 Å². The van der Waals surface area contributed by atoms with Gasteiger partial charge in [-0.2, -0.15) is 0 Å². The highest BCUT2D eigenvalue weighted by Crippen LogP contribution is 2.27. The Morgan fingerprint density at radius 1 is 1.21 bits per heavy atom. The second-order valence-corrected chi connectivity index (χ2v) is 8.18. The van der Waals surface area contributed by atoms with Crippen molar-refractivity contribution in [2.24, 2.45) is 0 Å². The standard InChI is InChI=1S/C17H26N2O4S/c1-13(17(20)18(2)14-7-5-6-8-14)19(24(4,21)22)15-9-11-16(23-3)12-10-15/h9-14H,5-8H2,1-4H3. The van der Waals surface area contributed by atoms with Gasteiger partial charge < -0.3 is 9.64 Å². The number of ether oxygens (including phenoxy) is 1. The van der Waals surface area contributed by atoms with Gasteiger partial charge in [-0.15, -0.1) is 0 Å². The number of amides is 1. The summed E-state index contributed by atoms with van der Waals surface area (Å²) in [6.45, 7) is 1.64. The van der Waals surface area contributed by atoms with Gasteiger partial charge in [-0.25, -0.2) is 8.42 Å². The number of nitrogens with zero attached hydrogens (tertiary/aromatic N) is 2. The Kier molecular flexibility index (Phi) is 5.74. The van der Waals surface area contributed by atoms with Crippen LogP contribution in [-0.2, 0) is 14.8 Å². The molecule has 0 N–H and O–H groups in total. The summed E-state index contributed by atoms with van der Waals surface area (Å²) in [5.41, 5.74) is 0.457. The molecule has 1 aliphatic carbocycles. The molecule has 6 nitrogen and oxygen atoms in total. The highest BCUT2D eigenvalue weighted by molar-refractivity contribution is 7.92. The van der Waals surface area contributed by atoms with E-state index in [1.54, 1.807) is 50.2 Å². The van der Waals surface area contributed by atoms with Crippen molar-refractivity contribution in [3.63, 3.8) is 0 Å². The lowest BCUT2D eigenvalue weighted by Gasteiger charge is -2.33. The number of methoxy groups -OCH3 is 1. The van der Waals surface area contributed by atoms with Crippen LogP contribution in [0.1, 0.15) is 32.6 Å². The van der Waals surface area contributed by atoms with Crippen LogP contribution < -0.4 is 9.04 Å². The fourth-order valence-corrected chi connectivity index (χ4v) is 4.47. The molecule has 2 rings (SSSR count). The molecule has 0 radical (unpaired) electrons. The molecule has 1 amide bonds. The van der Waals surface area contributed by atoms with E-state index < -0.39 is 16.1 Å². The van der Waals surface area contributed by atoms with E-state index in [1.165, 1.54) is 4.31 Å². The Morgan fingerprint density at radius 2 is 1.75 bits per heavy atom. The van der Waals surface area contributed by atoms with Crippen molar-refractivity contribution in [1.82, 2.24) is 4.90 Å². The topological polar surface area (TPSA) is 66.9 Å². The molecule has 1 aromatic carbocycles. The van der Waals surface area contributed by atoms with Crippen LogP contribution in [0, 0.1) is 0 Å². The first-order valence-electron chi connectivity index (χ1n) is 8.16. The molecule has 1 fully saturated rings. The summed E-state index contributed by atoms with van der Waals surface area (Å²) in [5.74, 6) is 0.456. The van der Waals surface area contributed by atoms with Crippen LogP contribution in [-0.4, -0.2) is 51.7 Å². The summed E-state index contributed by atoms with van der Waals surface area (Å²) in [4.78, 5) is 14.5. The van der Waals surface area contributed by atoms with E-state index in [0.717, 1.165) is 31.9 Å². The van der Waals surface area contributed by atoms with Gasteiger partial charge >= 0.3 is 0 Å². The van der Waals surface area contributed by atoms with Gasteiger partial charge in [-0.1, -0.05) is 12.8 Å². The molecule has 0 aliphatic heterocycles. The number of hydrogen-bond donors (Lipinski definition) is 0. The predicted octanol–water partition coefficient (Wildman–Crippen LogP) is 2.25. The minimum atomic E-state index is -3.59. The highest BCUT2D eigenvalue weighted by atomic mass is 32.2. The summed E-state index contributed by atoms with van der Waals surface area (Å²) in [6, 6.07) is 6.09. The van der Waals surface area contributed by atoms with E-state index in [0.29, 0.717) is 11.4 Å². The van der Waals surface area contributed by atoms with Gasteiger partial charge in [-0.05, 0) is 44.0 Å². The minimum absolute atomic E-state index is 0.178. The van der Waals surface area contributed by atoms with Crippen molar-refractivity contribution in [3.8, 4) is 5.75 Å². The molecule has 134 valence electrons. The first kappa shape index (κ1) is 18.6. The molecule has 7 heteroatoms. The second kappa shape index (κ2) is 7.42. The third kappa shape index (κ3) is 4.01. The number of likely N-dealkylation sites (N-methyl/N-ethyl adjacent to an activating group) is 1. The Labute approximate surface area is 144 Å². The van der Waals surface area contributed by atoms with Gasteiger partial charge in [0.1, 0.15) is 11.8 Å². The zero-order valence-electron chi connectivity index (χ0n) is 14.7. The van der Waals surface area contributed by atoms with Crippen molar-refractivity contribution in [1.29, 1.82) is 0 Å². The van der Waals surface area contributed by atoms with Gasteiger partial charge in [0.05, 0.1) is 19.1 Å². The molecule has 1 unspecified atom stereocenters. The van der Waals surface area contributed by atoms with Gasteiger partial charge in [-0.3, -0.25) is 9.10 Å². The van der Waals surface area contributed by atoms with E-state index >= 15 is 0 Å². The predicted molar refractivity (Wildman–Crippen MR) is 94.8 cm³/mol. The third-order valence-electron chi connectivity index (χ3n) is 4.61. The van der Waals surface area contributed by atoms with Crippen LogP contribution in [0.5, 0.6) is 5.75 Å². The molecule has 1 atom stereocenters. The van der Waals surface area contributed by atoms with Gasteiger partial charge in [0, 0.05) is 13.1 Å². The van der Waals surface area contributed by atoms with Crippen molar-refractivity contribution in [2.45, 2.75) is 44.7 Å². The monoisotopic (exact) mass is 354 g/mol. The molecule has 1 aliphatic rings. The molecule has 0 heterocycles. The van der Waals surface area contributed by atoms with E-state index in [1.807, 2.05) is 0 Å². The first-order chi connectivity index (χ1) is 11.3. The van der Waals surface area contributed by atoms with E-state index in [2.05, 4.69) is 0 Å². The fraction of sp³-hybridized carbons (Fsp3) is 0.588. The second-order valence-electron chi connectivity index (χ2n) is 6.32. The summed E-state index contributed by atoms with van der Waals surface area (Å²) in [7, 11) is -0.279. The van der Waals surface area contributed by atoms with Crippen molar-refractivity contribution < 1.29 is 17.9 Å².